The molecule has 0 aliphatic heterocycles. The number of hydrogen-bond acceptors (Lipinski definition) is 3. The number of nitrogens with one attached hydrogen (secondary N) is 1. The van der Waals surface area contributed by atoms with Crippen LogP contribution in [-0.4, -0.2) is 12.5 Å². The minimum Gasteiger partial charge on any atom is -0.324 e. The first-order valence-corrected chi connectivity index (χ1v) is 3.79. The lowest BCUT2D eigenvalue weighted by Crippen LogP contribution is -2.21. The Hall–Kier alpha value is -0.870. The fourth-order valence-corrected chi connectivity index (χ4v) is 1.14. The molecular weight excluding hydrogens is 148 g/mol. The zero-order chi connectivity index (χ0) is 7.40. The van der Waals surface area contributed by atoms with E-state index in [-0.39, 0.29) is 12.5 Å². The van der Waals surface area contributed by atoms with Crippen molar-refractivity contribution < 1.29 is 4.79 Å². The summed E-state index contributed by atoms with van der Waals surface area (Å²) in [5.74, 6) is -0.154. The molecule has 0 aliphatic carbocycles. The molecule has 1 heterocycles. The van der Waals surface area contributed by atoms with E-state index in [1.165, 1.54) is 11.3 Å². The van der Waals surface area contributed by atoms with Crippen molar-refractivity contribution in [2.75, 3.05) is 11.9 Å². The van der Waals surface area contributed by atoms with Gasteiger partial charge >= 0.3 is 0 Å². The van der Waals surface area contributed by atoms with Gasteiger partial charge in [-0.1, -0.05) is 0 Å². The standard InChI is InChI=1S/C6H8N2OS/c7-3-6(9)8-5-1-2-10-4-5/h1-2,4H,3,7H2,(H,8,9). The predicted octanol–water partition coefficient (Wildman–Crippen LogP) is 0.645. The number of anilines is 1. The Kier molecular flexibility index (Phi) is 2.42. The maximum Gasteiger partial charge on any atom is 0.238 e. The minimum absolute atomic E-state index is 0.0375. The summed E-state index contributed by atoms with van der Waals surface area (Å²) in [6.07, 6.45) is 0. The monoisotopic (exact) mass is 156 g/mol. The zero-order valence-corrected chi connectivity index (χ0v) is 6.15. The molecule has 1 amide bonds. The molecule has 0 spiro atoms. The van der Waals surface area contributed by atoms with Crippen LogP contribution >= 0.6 is 11.3 Å². The highest BCUT2D eigenvalue weighted by atomic mass is 32.1. The van der Waals surface area contributed by atoms with Gasteiger partial charge in [-0.15, -0.1) is 0 Å². The van der Waals surface area contributed by atoms with Crippen molar-refractivity contribution in [3.63, 3.8) is 0 Å². The van der Waals surface area contributed by atoms with Gasteiger partial charge in [0, 0.05) is 5.38 Å². The average molecular weight is 156 g/mol. The third-order valence-corrected chi connectivity index (χ3v) is 1.67. The molecule has 10 heavy (non-hydrogen) atoms. The Morgan fingerprint density at radius 3 is 3.10 bits per heavy atom. The summed E-state index contributed by atoms with van der Waals surface area (Å²) < 4.78 is 0. The van der Waals surface area contributed by atoms with E-state index in [1.807, 2.05) is 16.8 Å². The minimum atomic E-state index is -0.154. The van der Waals surface area contributed by atoms with E-state index in [0.29, 0.717) is 0 Å². The van der Waals surface area contributed by atoms with Gasteiger partial charge in [-0.05, 0) is 11.4 Å². The molecule has 54 valence electrons. The van der Waals surface area contributed by atoms with Crippen LogP contribution in [0, 0.1) is 0 Å². The maximum absolute atomic E-state index is 10.6. The predicted molar refractivity (Wildman–Crippen MR) is 42.0 cm³/mol. The Morgan fingerprint density at radius 1 is 1.80 bits per heavy atom. The lowest BCUT2D eigenvalue weighted by Gasteiger charge is -1.96. The van der Waals surface area contributed by atoms with E-state index < -0.39 is 0 Å². The van der Waals surface area contributed by atoms with Gasteiger partial charge in [-0.25, -0.2) is 0 Å². The lowest BCUT2D eigenvalue weighted by molar-refractivity contribution is -0.114. The van der Waals surface area contributed by atoms with E-state index in [1.54, 1.807) is 0 Å². The first-order chi connectivity index (χ1) is 4.83. The van der Waals surface area contributed by atoms with Crippen molar-refractivity contribution in [3.05, 3.63) is 16.8 Å². The number of rotatable bonds is 2. The van der Waals surface area contributed by atoms with Gasteiger partial charge in [0.05, 0.1) is 12.2 Å². The Labute approximate surface area is 62.9 Å². The molecule has 4 heteroatoms. The summed E-state index contributed by atoms with van der Waals surface area (Å²) in [6.45, 7) is 0.0375. The highest BCUT2D eigenvalue weighted by molar-refractivity contribution is 7.08. The van der Waals surface area contributed by atoms with Crippen molar-refractivity contribution >= 4 is 22.9 Å². The highest BCUT2D eigenvalue weighted by Crippen LogP contribution is 2.10. The molecule has 0 atom stereocenters. The first-order valence-electron chi connectivity index (χ1n) is 2.85. The molecule has 0 unspecified atom stereocenters. The largest absolute Gasteiger partial charge is 0.324 e. The smallest absolute Gasteiger partial charge is 0.238 e. The number of carbonyl (C=O) groups is 1. The quantitative estimate of drug-likeness (QED) is 0.660. The third-order valence-electron chi connectivity index (χ3n) is 0.990. The van der Waals surface area contributed by atoms with Gasteiger partial charge < -0.3 is 11.1 Å². The number of nitrogens with two attached hydrogens (primary N) is 1. The van der Waals surface area contributed by atoms with Crippen LogP contribution < -0.4 is 11.1 Å². The molecule has 0 aliphatic rings. The molecule has 0 saturated carbocycles. The van der Waals surface area contributed by atoms with Crippen molar-refractivity contribution in [3.8, 4) is 0 Å². The van der Waals surface area contributed by atoms with Gasteiger partial charge in [0.2, 0.25) is 5.91 Å². The number of amides is 1. The summed E-state index contributed by atoms with van der Waals surface area (Å²) in [5, 5.41) is 6.37. The number of hydrogen-bond donors (Lipinski definition) is 2. The van der Waals surface area contributed by atoms with Gasteiger partial charge in [-0.2, -0.15) is 11.3 Å². The fraction of sp³-hybridized carbons (Fsp3) is 0.167. The van der Waals surface area contributed by atoms with Gasteiger partial charge in [0.1, 0.15) is 0 Å². The van der Waals surface area contributed by atoms with Crippen LogP contribution in [-0.2, 0) is 4.79 Å². The van der Waals surface area contributed by atoms with Crippen LogP contribution in [0.2, 0.25) is 0 Å². The van der Waals surface area contributed by atoms with Crippen molar-refractivity contribution in [1.29, 1.82) is 0 Å². The van der Waals surface area contributed by atoms with Gasteiger partial charge in [0.15, 0.2) is 0 Å². The van der Waals surface area contributed by atoms with Crippen LogP contribution in [0.3, 0.4) is 0 Å². The second kappa shape index (κ2) is 3.34. The topological polar surface area (TPSA) is 55.1 Å². The van der Waals surface area contributed by atoms with Crippen LogP contribution in [0.5, 0.6) is 0 Å². The van der Waals surface area contributed by atoms with Crippen LogP contribution in [0.1, 0.15) is 0 Å². The maximum atomic E-state index is 10.6. The molecular formula is C6H8N2OS. The molecule has 3 N–H and O–H groups in total. The molecule has 0 aromatic carbocycles. The molecule has 3 nitrogen and oxygen atoms in total. The van der Waals surface area contributed by atoms with E-state index in [9.17, 15) is 4.79 Å². The summed E-state index contributed by atoms with van der Waals surface area (Å²) in [5.41, 5.74) is 5.90. The molecule has 0 saturated heterocycles. The second-order valence-electron chi connectivity index (χ2n) is 1.76. The summed E-state index contributed by atoms with van der Waals surface area (Å²) >= 11 is 1.54. The van der Waals surface area contributed by atoms with E-state index in [0.717, 1.165) is 5.69 Å². The molecule has 0 fully saturated rings. The molecule has 1 rings (SSSR count). The second-order valence-corrected chi connectivity index (χ2v) is 2.54. The Bertz CT molecular complexity index is 208. The Balaban J connectivity index is 2.48. The third kappa shape index (κ3) is 1.82. The van der Waals surface area contributed by atoms with E-state index in [4.69, 9.17) is 5.73 Å². The molecule has 1 aromatic heterocycles. The highest BCUT2D eigenvalue weighted by Gasteiger charge is 1.96. The van der Waals surface area contributed by atoms with E-state index >= 15 is 0 Å². The van der Waals surface area contributed by atoms with Crippen LogP contribution in [0.25, 0.3) is 0 Å². The molecule has 0 bridgehead atoms. The first kappa shape index (κ1) is 7.24. The average Bonchev–Trinajstić information content (AvgIpc) is 2.40. The van der Waals surface area contributed by atoms with Crippen LogP contribution in [0.15, 0.2) is 16.8 Å². The van der Waals surface area contributed by atoms with Crippen molar-refractivity contribution in [2.45, 2.75) is 0 Å². The molecule has 1 aromatic rings. The summed E-state index contributed by atoms with van der Waals surface area (Å²) in [6, 6.07) is 1.83. The molecule has 0 radical (unpaired) electrons. The fourth-order valence-electron chi connectivity index (χ4n) is 0.548. The SMILES string of the molecule is NCC(=O)Nc1ccsc1. The summed E-state index contributed by atoms with van der Waals surface area (Å²) in [4.78, 5) is 10.6. The van der Waals surface area contributed by atoms with Gasteiger partial charge in [-0.3, -0.25) is 4.79 Å². The Morgan fingerprint density at radius 2 is 2.60 bits per heavy atom. The zero-order valence-electron chi connectivity index (χ0n) is 5.33. The van der Waals surface area contributed by atoms with Crippen molar-refractivity contribution in [1.82, 2.24) is 0 Å². The number of thiophene rings is 1. The van der Waals surface area contributed by atoms with E-state index in [2.05, 4.69) is 5.32 Å². The van der Waals surface area contributed by atoms with Gasteiger partial charge in [0.25, 0.3) is 0 Å². The van der Waals surface area contributed by atoms with Crippen molar-refractivity contribution in [2.24, 2.45) is 5.73 Å². The lowest BCUT2D eigenvalue weighted by atomic mass is 10.5. The normalized spacial score (nSPS) is 9.30. The van der Waals surface area contributed by atoms with Crippen LogP contribution in [0.4, 0.5) is 5.69 Å². The number of carbonyl (C=O) groups excluding carboxylic acids is 1. The summed E-state index contributed by atoms with van der Waals surface area (Å²) in [7, 11) is 0.